The third-order valence-corrected chi connectivity index (χ3v) is 1.71. The summed E-state index contributed by atoms with van der Waals surface area (Å²) in [5, 5.41) is 3.11. The Hall–Kier alpha value is -1.09. The van der Waals surface area contributed by atoms with Crippen LogP contribution in [0.2, 0.25) is 0 Å². The zero-order chi connectivity index (χ0) is 9.14. The van der Waals surface area contributed by atoms with Crippen LogP contribution in [-0.2, 0) is 0 Å². The van der Waals surface area contributed by atoms with Gasteiger partial charge in [-0.2, -0.15) is 0 Å². The van der Waals surface area contributed by atoms with Crippen molar-refractivity contribution in [1.29, 1.82) is 0 Å². The molecule has 0 fully saturated rings. The zero-order valence-electron chi connectivity index (χ0n) is 7.72. The topological polar surface area (TPSA) is 38.1 Å². The second-order valence-electron chi connectivity index (χ2n) is 2.86. The van der Waals surface area contributed by atoms with Gasteiger partial charge in [0.15, 0.2) is 5.89 Å². The molecule has 0 aliphatic carbocycles. The first-order valence-electron chi connectivity index (χ1n) is 3.90. The van der Waals surface area contributed by atoms with E-state index in [9.17, 15) is 0 Å². The molecule has 0 aliphatic heterocycles. The van der Waals surface area contributed by atoms with Crippen molar-refractivity contribution in [2.45, 2.75) is 19.9 Å². The van der Waals surface area contributed by atoms with E-state index in [0.717, 1.165) is 11.3 Å². The number of likely N-dealkylation sites (N-methyl/N-ethyl adjacent to an activating group) is 1. The molecular weight excluding hydrogens is 152 g/mol. The Bertz CT molecular complexity index is 278. The molecule has 1 atom stereocenters. The van der Waals surface area contributed by atoms with Crippen LogP contribution in [0.15, 0.2) is 22.8 Å². The normalized spacial score (nSPS) is 12.9. The van der Waals surface area contributed by atoms with Crippen molar-refractivity contribution in [2.75, 3.05) is 7.05 Å². The predicted molar refractivity (Wildman–Crippen MR) is 47.9 cm³/mol. The summed E-state index contributed by atoms with van der Waals surface area (Å²) >= 11 is 0. The van der Waals surface area contributed by atoms with E-state index in [1.54, 1.807) is 6.26 Å². The summed E-state index contributed by atoms with van der Waals surface area (Å²) in [4.78, 5) is 4.21. The molecule has 1 heterocycles. The lowest BCUT2D eigenvalue weighted by Gasteiger charge is -2.11. The lowest BCUT2D eigenvalue weighted by Crippen LogP contribution is -2.17. The van der Waals surface area contributed by atoms with Crippen LogP contribution < -0.4 is 5.32 Å². The number of oxazole rings is 1. The summed E-state index contributed by atoms with van der Waals surface area (Å²) in [6, 6.07) is 0.0995. The van der Waals surface area contributed by atoms with E-state index < -0.39 is 0 Å². The van der Waals surface area contributed by atoms with E-state index in [2.05, 4.69) is 16.9 Å². The Morgan fingerprint density at radius 2 is 2.42 bits per heavy atom. The van der Waals surface area contributed by atoms with Gasteiger partial charge in [0.05, 0.1) is 6.04 Å². The van der Waals surface area contributed by atoms with Crippen molar-refractivity contribution in [3.8, 4) is 0 Å². The molecule has 3 heteroatoms. The molecule has 66 valence electrons. The zero-order valence-corrected chi connectivity index (χ0v) is 7.72. The van der Waals surface area contributed by atoms with E-state index in [0.29, 0.717) is 5.89 Å². The second kappa shape index (κ2) is 3.54. The summed E-state index contributed by atoms with van der Waals surface area (Å²) < 4.78 is 5.11. The Balaban J connectivity index is 2.87. The first-order valence-corrected chi connectivity index (χ1v) is 3.90. The number of nitrogens with zero attached hydrogens (tertiary/aromatic N) is 1. The summed E-state index contributed by atoms with van der Waals surface area (Å²) in [6.45, 7) is 7.66. The van der Waals surface area contributed by atoms with Gasteiger partial charge in [-0.25, -0.2) is 4.98 Å². The van der Waals surface area contributed by atoms with Gasteiger partial charge in [0, 0.05) is 6.92 Å². The molecular formula is C9H14N2O. The SMILES string of the molecule is C=C(C)C(NC)c1coc(C)n1. The van der Waals surface area contributed by atoms with Crippen molar-refractivity contribution in [2.24, 2.45) is 0 Å². The molecule has 12 heavy (non-hydrogen) atoms. The summed E-state index contributed by atoms with van der Waals surface area (Å²) in [5.74, 6) is 0.687. The average molecular weight is 166 g/mol. The van der Waals surface area contributed by atoms with Gasteiger partial charge >= 0.3 is 0 Å². The monoisotopic (exact) mass is 166 g/mol. The highest BCUT2D eigenvalue weighted by Gasteiger charge is 2.12. The minimum absolute atomic E-state index is 0.0995. The van der Waals surface area contributed by atoms with E-state index in [1.807, 2.05) is 20.9 Å². The molecule has 0 aromatic carbocycles. The predicted octanol–water partition coefficient (Wildman–Crippen LogP) is 1.82. The third kappa shape index (κ3) is 1.74. The van der Waals surface area contributed by atoms with E-state index in [4.69, 9.17) is 4.42 Å². The van der Waals surface area contributed by atoms with Crippen LogP contribution in [0.4, 0.5) is 0 Å². The fourth-order valence-corrected chi connectivity index (χ4v) is 1.16. The first kappa shape index (κ1) is 9.00. The Morgan fingerprint density at radius 1 is 1.75 bits per heavy atom. The number of aromatic nitrogens is 1. The van der Waals surface area contributed by atoms with Crippen molar-refractivity contribution in [1.82, 2.24) is 10.3 Å². The fourth-order valence-electron chi connectivity index (χ4n) is 1.16. The highest BCUT2D eigenvalue weighted by molar-refractivity contribution is 5.15. The molecule has 0 amide bonds. The molecule has 0 bridgehead atoms. The van der Waals surface area contributed by atoms with Gasteiger partial charge in [-0.1, -0.05) is 12.2 Å². The highest BCUT2D eigenvalue weighted by atomic mass is 16.3. The van der Waals surface area contributed by atoms with E-state index in [-0.39, 0.29) is 6.04 Å². The van der Waals surface area contributed by atoms with Crippen LogP contribution in [0.1, 0.15) is 24.6 Å². The Morgan fingerprint density at radius 3 is 2.75 bits per heavy atom. The molecule has 1 aromatic rings. The van der Waals surface area contributed by atoms with E-state index in [1.165, 1.54) is 0 Å². The Labute approximate surface area is 72.5 Å². The minimum Gasteiger partial charge on any atom is -0.449 e. The molecule has 1 aromatic heterocycles. The van der Waals surface area contributed by atoms with Gasteiger partial charge in [0.1, 0.15) is 12.0 Å². The van der Waals surface area contributed by atoms with E-state index >= 15 is 0 Å². The van der Waals surface area contributed by atoms with Gasteiger partial charge < -0.3 is 9.73 Å². The number of hydrogen-bond donors (Lipinski definition) is 1. The van der Waals surface area contributed by atoms with Crippen molar-refractivity contribution < 1.29 is 4.42 Å². The number of rotatable bonds is 3. The van der Waals surface area contributed by atoms with Gasteiger partial charge in [0.25, 0.3) is 0 Å². The summed E-state index contributed by atoms with van der Waals surface area (Å²) in [7, 11) is 1.88. The quantitative estimate of drug-likeness (QED) is 0.696. The van der Waals surface area contributed by atoms with Crippen LogP contribution in [0.25, 0.3) is 0 Å². The van der Waals surface area contributed by atoms with Gasteiger partial charge in [-0.05, 0) is 14.0 Å². The largest absolute Gasteiger partial charge is 0.449 e. The summed E-state index contributed by atoms with van der Waals surface area (Å²) in [6.07, 6.45) is 1.66. The lowest BCUT2D eigenvalue weighted by atomic mass is 10.1. The van der Waals surface area contributed by atoms with Crippen molar-refractivity contribution in [3.05, 3.63) is 30.0 Å². The number of hydrogen-bond acceptors (Lipinski definition) is 3. The second-order valence-corrected chi connectivity index (χ2v) is 2.86. The molecule has 0 radical (unpaired) electrons. The van der Waals surface area contributed by atoms with Crippen LogP contribution in [0, 0.1) is 6.92 Å². The number of nitrogens with one attached hydrogen (secondary N) is 1. The fraction of sp³-hybridized carbons (Fsp3) is 0.444. The van der Waals surface area contributed by atoms with Gasteiger partial charge in [-0.15, -0.1) is 0 Å². The molecule has 0 saturated carbocycles. The maximum Gasteiger partial charge on any atom is 0.191 e. The molecule has 1 rings (SSSR count). The van der Waals surface area contributed by atoms with Crippen LogP contribution >= 0.6 is 0 Å². The van der Waals surface area contributed by atoms with Crippen LogP contribution in [0.3, 0.4) is 0 Å². The highest BCUT2D eigenvalue weighted by Crippen LogP contribution is 2.18. The van der Waals surface area contributed by atoms with Crippen molar-refractivity contribution in [3.63, 3.8) is 0 Å². The third-order valence-electron chi connectivity index (χ3n) is 1.71. The van der Waals surface area contributed by atoms with Gasteiger partial charge in [-0.3, -0.25) is 0 Å². The van der Waals surface area contributed by atoms with Crippen LogP contribution in [-0.4, -0.2) is 12.0 Å². The van der Waals surface area contributed by atoms with Gasteiger partial charge in [0.2, 0.25) is 0 Å². The molecule has 0 saturated heterocycles. The van der Waals surface area contributed by atoms with Crippen LogP contribution in [0.5, 0.6) is 0 Å². The molecule has 1 unspecified atom stereocenters. The lowest BCUT2D eigenvalue weighted by molar-refractivity contribution is 0.519. The van der Waals surface area contributed by atoms with Crippen molar-refractivity contribution >= 4 is 0 Å². The standard InChI is InChI=1S/C9H14N2O/c1-6(2)9(10-4)8-5-12-7(3)11-8/h5,9-10H,1H2,2-4H3. The average Bonchev–Trinajstić information content (AvgIpc) is 2.37. The molecule has 1 N–H and O–H groups in total. The molecule has 0 spiro atoms. The molecule has 3 nitrogen and oxygen atoms in total. The minimum atomic E-state index is 0.0995. The Kier molecular flexibility index (Phi) is 2.65. The molecule has 0 aliphatic rings. The number of aryl methyl sites for hydroxylation is 1. The maximum absolute atomic E-state index is 5.11. The smallest absolute Gasteiger partial charge is 0.191 e. The first-order chi connectivity index (χ1) is 5.65. The summed E-state index contributed by atoms with van der Waals surface area (Å²) in [5.41, 5.74) is 1.92. The maximum atomic E-state index is 5.11.